The van der Waals surface area contributed by atoms with Gasteiger partial charge in [-0.25, -0.2) is 0 Å². The Bertz CT molecular complexity index is 460. The van der Waals surface area contributed by atoms with Crippen LogP contribution in [0.25, 0.3) is 0 Å². The summed E-state index contributed by atoms with van der Waals surface area (Å²) in [6.45, 7) is 7.64. The first-order chi connectivity index (χ1) is 8.94. The van der Waals surface area contributed by atoms with Crippen LogP contribution < -0.4 is 10.6 Å². The smallest absolute Gasteiger partial charge is 0.228 e. The summed E-state index contributed by atoms with van der Waals surface area (Å²) < 4.78 is 0. The fourth-order valence-corrected chi connectivity index (χ4v) is 2.36. The molecule has 1 amide bonds. The maximum Gasteiger partial charge on any atom is 0.228 e. The van der Waals surface area contributed by atoms with Crippen LogP contribution in [0.2, 0.25) is 0 Å². The van der Waals surface area contributed by atoms with Crippen LogP contribution in [0.15, 0.2) is 18.2 Å². The average molecular weight is 260 g/mol. The molecule has 0 saturated heterocycles. The Hall–Kier alpha value is -1.35. The van der Waals surface area contributed by atoms with E-state index < -0.39 is 0 Å². The van der Waals surface area contributed by atoms with Gasteiger partial charge in [0.15, 0.2) is 0 Å². The number of aryl methyl sites for hydroxylation is 1. The molecule has 0 aliphatic carbocycles. The molecule has 2 rings (SSSR count). The topological polar surface area (TPSA) is 41.1 Å². The van der Waals surface area contributed by atoms with Crippen LogP contribution in [0.1, 0.15) is 44.7 Å². The Morgan fingerprint density at radius 2 is 2.05 bits per heavy atom. The molecule has 3 nitrogen and oxygen atoms in total. The molecule has 0 unspecified atom stereocenters. The summed E-state index contributed by atoms with van der Waals surface area (Å²) in [5.41, 5.74) is 3.68. The number of carbonyl (C=O) groups excluding carboxylic acids is 1. The molecule has 2 N–H and O–H groups in total. The lowest BCUT2D eigenvalue weighted by Gasteiger charge is -2.20. The van der Waals surface area contributed by atoms with Gasteiger partial charge in [0.2, 0.25) is 5.91 Å². The van der Waals surface area contributed by atoms with Crippen LogP contribution in [0, 0.1) is 0 Å². The normalized spacial score (nSPS) is 14.4. The van der Waals surface area contributed by atoms with Gasteiger partial charge in [-0.2, -0.15) is 0 Å². The highest BCUT2D eigenvalue weighted by Gasteiger charge is 2.17. The summed E-state index contributed by atoms with van der Waals surface area (Å²) in [5.74, 6) is 0.113. The van der Waals surface area contributed by atoms with Crippen molar-refractivity contribution in [3.8, 4) is 0 Å². The van der Waals surface area contributed by atoms with Gasteiger partial charge in [0.05, 0.1) is 6.42 Å². The van der Waals surface area contributed by atoms with E-state index in [1.165, 1.54) is 18.4 Å². The minimum absolute atomic E-state index is 0.113. The molecule has 0 fully saturated rings. The van der Waals surface area contributed by atoms with Crippen LogP contribution >= 0.6 is 0 Å². The summed E-state index contributed by atoms with van der Waals surface area (Å²) in [4.78, 5) is 11.3. The summed E-state index contributed by atoms with van der Waals surface area (Å²) in [5, 5.41) is 6.37. The SMILES string of the molecule is CC(C)(C)NCCCCc1ccc2c(c1)CC(=O)N2. The monoisotopic (exact) mass is 260 g/mol. The second-order valence-corrected chi connectivity index (χ2v) is 6.35. The zero-order valence-electron chi connectivity index (χ0n) is 12.2. The van der Waals surface area contributed by atoms with E-state index in [-0.39, 0.29) is 11.4 Å². The molecule has 0 spiro atoms. The number of amides is 1. The summed E-state index contributed by atoms with van der Waals surface area (Å²) >= 11 is 0. The Morgan fingerprint density at radius 3 is 2.79 bits per heavy atom. The highest BCUT2D eigenvalue weighted by atomic mass is 16.1. The average Bonchev–Trinajstić information content (AvgIpc) is 2.66. The van der Waals surface area contributed by atoms with Gasteiger partial charge < -0.3 is 10.6 Å². The van der Waals surface area contributed by atoms with E-state index in [0.29, 0.717) is 6.42 Å². The Balaban J connectivity index is 1.75. The molecule has 104 valence electrons. The quantitative estimate of drug-likeness (QED) is 0.799. The zero-order valence-corrected chi connectivity index (χ0v) is 12.2. The van der Waals surface area contributed by atoms with E-state index in [9.17, 15) is 4.79 Å². The maximum absolute atomic E-state index is 11.3. The van der Waals surface area contributed by atoms with Crippen molar-refractivity contribution in [2.75, 3.05) is 11.9 Å². The van der Waals surface area contributed by atoms with Crippen LogP contribution in [-0.2, 0) is 17.6 Å². The number of carbonyl (C=O) groups is 1. The summed E-state index contributed by atoms with van der Waals surface area (Å²) in [6.07, 6.45) is 4.00. The van der Waals surface area contributed by atoms with Crippen molar-refractivity contribution < 1.29 is 4.79 Å². The number of fused-ring (bicyclic) bond motifs is 1. The van der Waals surface area contributed by atoms with Gasteiger partial charge in [-0.15, -0.1) is 0 Å². The van der Waals surface area contributed by atoms with Gasteiger partial charge >= 0.3 is 0 Å². The van der Waals surface area contributed by atoms with E-state index in [4.69, 9.17) is 0 Å². The zero-order chi connectivity index (χ0) is 13.9. The minimum atomic E-state index is 0.113. The lowest BCUT2D eigenvalue weighted by molar-refractivity contribution is -0.115. The van der Waals surface area contributed by atoms with Crippen molar-refractivity contribution in [1.29, 1.82) is 0 Å². The van der Waals surface area contributed by atoms with Crippen LogP contribution in [0.3, 0.4) is 0 Å². The van der Waals surface area contributed by atoms with Crippen molar-refractivity contribution in [1.82, 2.24) is 5.32 Å². The minimum Gasteiger partial charge on any atom is -0.326 e. The van der Waals surface area contributed by atoms with Gasteiger partial charge in [-0.1, -0.05) is 12.1 Å². The third-order valence-electron chi connectivity index (χ3n) is 3.34. The molecule has 0 radical (unpaired) electrons. The largest absolute Gasteiger partial charge is 0.326 e. The number of unbranched alkanes of at least 4 members (excludes halogenated alkanes) is 1. The molecule has 3 heteroatoms. The first kappa shape index (κ1) is 14.1. The molecule has 1 aliphatic rings. The lowest BCUT2D eigenvalue weighted by Crippen LogP contribution is -2.36. The first-order valence-electron chi connectivity index (χ1n) is 7.11. The van der Waals surface area contributed by atoms with Gasteiger partial charge in [0.25, 0.3) is 0 Å². The van der Waals surface area contributed by atoms with E-state index in [2.05, 4.69) is 43.5 Å². The summed E-state index contributed by atoms with van der Waals surface area (Å²) in [7, 11) is 0. The molecule has 1 aromatic rings. The molecule has 1 heterocycles. The fourth-order valence-electron chi connectivity index (χ4n) is 2.36. The fraction of sp³-hybridized carbons (Fsp3) is 0.562. The lowest BCUT2D eigenvalue weighted by atomic mass is 10.0. The third-order valence-corrected chi connectivity index (χ3v) is 3.34. The number of rotatable bonds is 5. The second-order valence-electron chi connectivity index (χ2n) is 6.35. The predicted octanol–water partition coefficient (Wildman–Crippen LogP) is 2.89. The first-order valence-corrected chi connectivity index (χ1v) is 7.11. The highest BCUT2D eigenvalue weighted by Crippen LogP contribution is 2.24. The summed E-state index contributed by atoms with van der Waals surface area (Å²) in [6, 6.07) is 6.33. The Morgan fingerprint density at radius 1 is 1.26 bits per heavy atom. The maximum atomic E-state index is 11.3. The molecule has 0 bridgehead atoms. The second kappa shape index (κ2) is 5.74. The molecular formula is C16H24N2O. The van der Waals surface area contributed by atoms with Crippen molar-refractivity contribution in [2.45, 2.75) is 52.0 Å². The van der Waals surface area contributed by atoms with E-state index >= 15 is 0 Å². The van der Waals surface area contributed by atoms with Crippen LogP contribution in [0.4, 0.5) is 5.69 Å². The molecule has 0 atom stereocenters. The Kier molecular flexibility index (Phi) is 4.25. The molecule has 1 aliphatic heterocycles. The van der Waals surface area contributed by atoms with E-state index in [1.54, 1.807) is 0 Å². The standard InChI is InChI=1S/C16H24N2O/c1-16(2,3)17-9-5-4-6-12-7-8-14-13(10-12)11-15(19)18-14/h7-8,10,17H,4-6,9,11H2,1-3H3,(H,18,19). The van der Waals surface area contributed by atoms with Crippen molar-refractivity contribution >= 4 is 11.6 Å². The molecular weight excluding hydrogens is 236 g/mol. The van der Waals surface area contributed by atoms with Gasteiger partial charge in [-0.05, 0) is 63.8 Å². The van der Waals surface area contributed by atoms with Gasteiger partial charge in [-0.3, -0.25) is 4.79 Å². The van der Waals surface area contributed by atoms with Crippen LogP contribution in [-0.4, -0.2) is 18.0 Å². The number of benzene rings is 1. The number of nitrogens with one attached hydrogen (secondary N) is 2. The van der Waals surface area contributed by atoms with E-state index in [0.717, 1.165) is 24.2 Å². The highest BCUT2D eigenvalue weighted by molar-refractivity contribution is 5.99. The molecule has 0 saturated carbocycles. The van der Waals surface area contributed by atoms with Crippen molar-refractivity contribution in [3.63, 3.8) is 0 Å². The molecule has 19 heavy (non-hydrogen) atoms. The number of hydrogen-bond acceptors (Lipinski definition) is 2. The van der Waals surface area contributed by atoms with Crippen LogP contribution in [0.5, 0.6) is 0 Å². The van der Waals surface area contributed by atoms with Gasteiger partial charge in [0.1, 0.15) is 0 Å². The Labute approximate surface area is 115 Å². The number of hydrogen-bond donors (Lipinski definition) is 2. The molecule has 0 aromatic heterocycles. The number of anilines is 1. The van der Waals surface area contributed by atoms with E-state index in [1.807, 2.05) is 6.07 Å². The molecule has 1 aromatic carbocycles. The third kappa shape index (κ3) is 4.35. The van der Waals surface area contributed by atoms with Gasteiger partial charge in [0, 0.05) is 11.2 Å². The predicted molar refractivity (Wildman–Crippen MR) is 79.5 cm³/mol. The van der Waals surface area contributed by atoms with Crippen molar-refractivity contribution in [3.05, 3.63) is 29.3 Å². The van der Waals surface area contributed by atoms with Crippen molar-refractivity contribution in [2.24, 2.45) is 0 Å².